The molecule has 0 spiro atoms. The van der Waals surface area contributed by atoms with E-state index in [2.05, 4.69) is 5.32 Å². The Balaban J connectivity index is 2.01. The summed E-state index contributed by atoms with van der Waals surface area (Å²) in [6.45, 7) is 2.43. The molecule has 0 aromatic heterocycles. The van der Waals surface area contributed by atoms with Gasteiger partial charge in [0.15, 0.2) is 0 Å². The van der Waals surface area contributed by atoms with Gasteiger partial charge >= 0.3 is 0 Å². The predicted molar refractivity (Wildman–Crippen MR) is 97.2 cm³/mol. The molecule has 0 aliphatic rings. The van der Waals surface area contributed by atoms with Crippen LogP contribution in [0.4, 0.5) is 5.69 Å². The highest BCUT2D eigenvalue weighted by Crippen LogP contribution is 2.21. The van der Waals surface area contributed by atoms with Crippen LogP contribution < -0.4 is 5.32 Å². The third-order valence-corrected chi connectivity index (χ3v) is 4.27. The Morgan fingerprint density at radius 3 is 2.67 bits per heavy atom. The Morgan fingerprint density at radius 1 is 1.29 bits per heavy atom. The zero-order valence-electron chi connectivity index (χ0n) is 13.4. The largest absolute Gasteiger partial charge is 0.325 e. The van der Waals surface area contributed by atoms with E-state index in [0.717, 1.165) is 5.56 Å². The molecule has 0 fully saturated rings. The molecule has 6 heteroatoms. The molecule has 24 heavy (non-hydrogen) atoms. The Kier molecular flexibility index (Phi) is 6.22. The first-order valence-corrected chi connectivity index (χ1v) is 8.11. The lowest BCUT2D eigenvalue weighted by atomic mass is 10.1. The summed E-state index contributed by atoms with van der Waals surface area (Å²) in [6, 6.07) is 14.0. The molecule has 124 valence electrons. The van der Waals surface area contributed by atoms with Crippen molar-refractivity contribution in [2.24, 2.45) is 0 Å². The maximum absolute atomic E-state index is 12.4. The molecule has 0 aliphatic carbocycles. The maximum Gasteiger partial charge on any atom is 0.241 e. The Hall–Kier alpha value is -2.06. The van der Waals surface area contributed by atoms with E-state index in [1.165, 1.54) is 0 Å². The second-order valence-electron chi connectivity index (χ2n) is 5.52. The average molecular weight is 362 g/mol. The van der Waals surface area contributed by atoms with E-state index < -0.39 is 0 Å². The number of halogens is 2. The van der Waals surface area contributed by atoms with Gasteiger partial charge in [-0.2, -0.15) is 5.26 Å². The highest BCUT2D eigenvalue weighted by Gasteiger charge is 2.18. The van der Waals surface area contributed by atoms with Crippen molar-refractivity contribution in [3.05, 3.63) is 63.6 Å². The number of carbonyl (C=O) groups is 1. The fourth-order valence-corrected chi connectivity index (χ4v) is 2.63. The zero-order valence-corrected chi connectivity index (χ0v) is 14.9. The third-order valence-electron chi connectivity index (χ3n) is 3.72. The normalized spacial score (nSPS) is 11.8. The molecule has 1 atom stereocenters. The molecule has 1 N–H and O–H groups in total. The van der Waals surface area contributed by atoms with Crippen molar-refractivity contribution in [3.8, 4) is 6.07 Å². The second kappa shape index (κ2) is 8.16. The van der Waals surface area contributed by atoms with Crippen LogP contribution in [-0.2, 0) is 11.3 Å². The van der Waals surface area contributed by atoms with Crippen molar-refractivity contribution < 1.29 is 4.79 Å². The van der Waals surface area contributed by atoms with Crippen LogP contribution in [0, 0.1) is 11.3 Å². The number of likely N-dealkylation sites (N-methyl/N-ethyl adjacent to an activating group) is 1. The van der Waals surface area contributed by atoms with Gasteiger partial charge < -0.3 is 5.32 Å². The number of hydrogen-bond acceptors (Lipinski definition) is 3. The molecule has 0 radical (unpaired) electrons. The minimum atomic E-state index is -0.349. The van der Waals surface area contributed by atoms with E-state index in [-0.39, 0.29) is 11.9 Å². The van der Waals surface area contributed by atoms with Gasteiger partial charge in [0, 0.05) is 17.3 Å². The molecule has 4 nitrogen and oxygen atoms in total. The monoisotopic (exact) mass is 361 g/mol. The van der Waals surface area contributed by atoms with E-state index in [1.54, 1.807) is 18.2 Å². The van der Waals surface area contributed by atoms with Crippen LogP contribution in [0.3, 0.4) is 0 Å². The number of amides is 1. The lowest BCUT2D eigenvalue weighted by Gasteiger charge is -2.24. The minimum Gasteiger partial charge on any atom is -0.325 e. The predicted octanol–water partition coefficient (Wildman–Crippen LogP) is 4.32. The Bertz CT molecular complexity index is 786. The van der Waals surface area contributed by atoms with Crippen molar-refractivity contribution in [2.45, 2.75) is 19.5 Å². The zero-order chi connectivity index (χ0) is 17.7. The molecule has 2 aromatic carbocycles. The third kappa shape index (κ3) is 4.72. The molecule has 2 aromatic rings. The van der Waals surface area contributed by atoms with Gasteiger partial charge in [0.25, 0.3) is 0 Å². The number of benzene rings is 2. The highest BCUT2D eigenvalue weighted by molar-refractivity contribution is 6.32. The van der Waals surface area contributed by atoms with Crippen LogP contribution in [0.1, 0.15) is 18.1 Å². The first-order chi connectivity index (χ1) is 11.4. The Labute approximate surface area is 151 Å². The second-order valence-corrected chi connectivity index (χ2v) is 6.36. The lowest BCUT2D eigenvalue weighted by Crippen LogP contribution is -2.39. The summed E-state index contributed by atoms with van der Waals surface area (Å²) in [4.78, 5) is 14.3. The minimum absolute atomic E-state index is 0.152. The fraction of sp³-hybridized carbons (Fsp3) is 0.222. The van der Waals surface area contributed by atoms with Gasteiger partial charge in [0.1, 0.15) is 6.07 Å². The number of carbonyl (C=O) groups excluding carboxylic acids is 1. The van der Waals surface area contributed by atoms with Gasteiger partial charge in [0.05, 0.1) is 16.6 Å². The van der Waals surface area contributed by atoms with Crippen LogP contribution in [0.25, 0.3) is 0 Å². The van der Waals surface area contributed by atoms with Crippen LogP contribution in [0.5, 0.6) is 0 Å². The van der Waals surface area contributed by atoms with E-state index in [0.29, 0.717) is 27.8 Å². The summed E-state index contributed by atoms with van der Waals surface area (Å²) in [5.74, 6) is -0.152. The smallest absolute Gasteiger partial charge is 0.241 e. The number of nitriles is 1. The van der Waals surface area contributed by atoms with Crippen molar-refractivity contribution in [3.63, 3.8) is 0 Å². The van der Waals surface area contributed by atoms with Gasteiger partial charge in [-0.1, -0.05) is 35.3 Å². The number of rotatable bonds is 5. The standard InChI is InChI=1S/C18H17Cl2N3O/c1-12(23(2)11-13-4-3-5-15(19)8-13)18(24)22-16-7-6-14(10-21)17(20)9-16/h3-9,12H,11H2,1-2H3,(H,22,24). The van der Waals surface area contributed by atoms with Crippen molar-refractivity contribution >= 4 is 34.8 Å². The molecule has 0 heterocycles. The summed E-state index contributed by atoms with van der Waals surface area (Å²) in [6.07, 6.45) is 0. The van der Waals surface area contributed by atoms with Crippen molar-refractivity contribution in [2.75, 3.05) is 12.4 Å². The molecule has 1 amide bonds. The molecular formula is C18H17Cl2N3O. The summed E-state index contributed by atoms with van der Waals surface area (Å²) < 4.78 is 0. The van der Waals surface area contributed by atoms with Crippen molar-refractivity contribution in [1.29, 1.82) is 5.26 Å². The van der Waals surface area contributed by atoms with E-state index >= 15 is 0 Å². The lowest BCUT2D eigenvalue weighted by molar-refractivity contribution is -0.120. The number of anilines is 1. The quantitative estimate of drug-likeness (QED) is 0.862. The first-order valence-electron chi connectivity index (χ1n) is 7.36. The summed E-state index contributed by atoms with van der Waals surface area (Å²) in [5, 5.41) is 12.7. The number of nitrogens with one attached hydrogen (secondary N) is 1. The molecule has 0 saturated heterocycles. The van der Waals surface area contributed by atoms with E-state index in [9.17, 15) is 4.79 Å². The van der Waals surface area contributed by atoms with Gasteiger partial charge in [-0.05, 0) is 49.9 Å². The molecule has 1 unspecified atom stereocenters. The number of nitrogens with zero attached hydrogens (tertiary/aromatic N) is 2. The fourth-order valence-electron chi connectivity index (χ4n) is 2.19. The average Bonchev–Trinajstić information content (AvgIpc) is 2.54. The molecule has 0 bridgehead atoms. The SMILES string of the molecule is CC(C(=O)Nc1ccc(C#N)c(Cl)c1)N(C)Cc1cccc(Cl)c1. The number of hydrogen-bond donors (Lipinski definition) is 1. The van der Waals surface area contributed by atoms with Crippen LogP contribution >= 0.6 is 23.2 Å². The molecule has 0 aliphatic heterocycles. The van der Waals surface area contributed by atoms with Gasteiger partial charge in [-0.15, -0.1) is 0 Å². The van der Waals surface area contributed by atoms with Crippen LogP contribution in [0.2, 0.25) is 10.0 Å². The molecule has 2 rings (SSSR count). The summed E-state index contributed by atoms with van der Waals surface area (Å²) in [5.41, 5.74) is 1.97. The van der Waals surface area contributed by atoms with Crippen molar-refractivity contribution in [1.82, 2.24) is 4.90 Å². The summed E-state index contributed by atoms with van der Waals surface area (Å²) in [7, 11) is 1.87. The first kappa shape index (κ1) is 18.3. The van der Waals surface area contributed by atoms with E-state index in [4.69, 9.17) is 28.5 Å². The van der Waals surface area contributed by atoms with Crippen LogP contribution in [-0.4, -0.2) is 23.9 Å². The molecule has 0 saturated carbocycles. The topological polar surface area (TPSA) is 56.1 Å². The molecular weight excluding hydrogens is 345 g/mol. The van der Waals surface area contributed by atoms with Gasteiger partial charge in [-0.3, -0.25) is 9.69 Å². The van der Waals surface area contributed by atoms with Gasteiger partial charge in [-0.25, -0.2) is 0 Å². The summed E-state index contributed by atoms with van der Waals surface area (Å²) >= 11 is 12.0. The highest BCUT2D eigenvalue weighted by atomic mass is 35.5. The Morgan fingerprint density at radius 2 is 2.04 bits per heavy atom. The maximum atomic E-state index is 12.4. The van der Waals surface area contributed by atoms with Gasteiger partial charge in [0.2, 0.25) is 5.91 Å². The van der Waals surface area contributed by atoms with E-state index in [1.807, 2.05) is 49.2 Å². The van der Waals surface area contributed by atoms with Crippen LogP contribution in [0.15, 0.2) is 42.5 Å².